The molecule has 0 aliphatic carbocycles. The summed E-state index contributed by atoms with van der Waals surface area (Å²) >= 11 is 0. The van der Waals surface area contributed by atoms with Crippen LogP contribution < -0.4 is 51.4 Å². The summed E-state index contributed by atoms with van der Waals surface area (Å²) in [5.41, 5.74) is 1.11. The third-order valence-corrected chi connectivity index (χ3v) is 6.73. The van der Waals surface area contributed by atoms with Crippen molar-refractivity contribution in [2.24, 2.45) is 0 Å². The molecule has 1 amide bonds. The molecule has 0 radical (unpaired) electrons. The summed E-state index contributed by atoms with van der Waals surface area (Å²) in [6.45, 7) is 5.18. The van der Waals surface area contributed by atoms with Gasteiger partial charge in [0, 0.05) is 37.4 Å². The first-order chi connectivity index (χ1) is 14.0. The van der Waals surface area contributed by atoms with Crippen molar-refractivity contribution in [2.45, 2.75) is 75.3 Å². The Bertz CT molecular complexity index is 860. The van der Waals surface area contributed by atoms with Gasteiger partial charge in [-0.1, -0.05) is 43.0 Å². The molecule has 158 valence electrons. The van der Waals surface area contributed by atoms with Crippen LogP contribution in [0.2, 0.25) is 0 Å². The van der Waals surface area contributed by atoms with E-state index in [4.69, 9.17) is 0 Å². The van der Waals surface area contributed by atoms with E-state index >= 15 is 0 Å². The maximum atomic E-state index is 12.4. The fourth-order valence-electron chi connectivity index (χ4n) is 4.34. The second-order valence-electron chi connectivity index (χ2n) is 7.93. The van der Waals surface area contributed by atoms with Crippen LogP contribution >= 0.6 is 0 Å². The average molecular weight is 456 g/mol. The number of hydrogen-bond acceptors (Lipinski definition) is 5. The molecule has 3 rings (SSSR count). The molecule has 2 heterocycles. The van der Waals surface area contributed by atoms with E-state index in [1.54, 1.807) is 12.1 Å². The first-order valence-electron chi connectivity index (χ1n) is 10.5. The average Bonchev–Trinajstić information content (AvgIpc) is 3.39. The van der Waals surface area contributed by atoms with Crippen LogP contribution in [-0.2, 0) is 23.9 Å². The van der Waals surface area contributed by atoms with Gasteiger partial charge < -0.3 is 17.9 Å². The fourth-order valence-corrected chi connectivity index (χ4v) is 4.70. The third-order valence-electron chi connectivity index (χ3n) is 6.07. The van der Waals surface area contributed by atoms with E-state index < -0.39 is 10.7 Å². The molecule has 3 unspecified atom stereocenters. The summed E-state index contributed by atoms with van der Waals surface area (Å²) in [5, 5.41) is 0. The van der Waals surface area contributed by atoms with Crippen molar-refractivity contribution >= 4 is 16.6 Å². The number of carbonyl (C=O) groups is 1. The van der Waals surface area contributed by atoms with Crippen LogP contribution in [0.3, 0.4) is 0 Å². The van der Waals surface area contributed by atoms with Crippen LogP contribution in [0.15, 0.2) is 47.9 Å². The summed E-state index contributed by atoms with van der Waals surface area (Å²) in [7, 11) is -2.20. The standard InChI is InChI=1S/C22H30N3O3S.K/c1-3-19(24-14-12-23-16-24)8-9-20(25-13-4-5-22(25)26)15-17(2)18-6-10-21(11-7-18)29(27)28;/h6-7,10-12,14,16-17,19-20H,3-5,8-9,13,15H2,1-2H3;/q-1;+1. The minimum atomic E-state index is -2.20. The normalized spacial score (nSPS) is 17.0. The number of likely N-dealkylation sites (tertiary alicyclic amines) is 1. The first-order valence-corrected chi connectivity index (χ1v) is 11.5. The molecule has 8 heteroatoms. The van der Waals surface area contributed by atoms with Crippen LogP contribution in [0.5, 0.6) is 0 Å². The molecule has 1 saturated heterocycles. The first kappa shape index (κ1) is 25.7. The summed E-state index contributed by atoms with van der Waals surface area (Å²) in [5.74, 6) is 0.505. The van der Waals surface area contributed by atoms with Gasteiger partial charge in [-0.05, 0) is 54.3 Å². The SMILES string of the molecule is CCC(CCC(CC(C)c1ccc([S-](=O)=O)cc1)N1CCCC1=O)n1ccnc1.[K+]. The molecule has 2 aromatic rings. The van der Waals surface area contributed by atoms with Crippen molar-refractivity contribution < 1.29 is 64.6 Å². The second-order valence-corrected chi connectivity index (χ2v) is 8.88. The Hall–Kier alpha value is -0.514. The Labute approximate surface area is 223 Å². The molecule has 3 atom stereocenters. The second kappa shape index (κ2) is 12.5. The smallest absolute Gasteiger partial charge is 0.420 e. The largest absolute Gasteiger partial charge is 1.00 e. The maximum absolute atomic E-state index is 12.4. The number of imidazole rings is 1. The van der Waals surface area contributed by atoms with E-state index in [9.17, 15) is 13.2 Å². The minimum absolute atomic E-state index is 0. The van der Waals surface area contributed by atoms with Gasteiger partial charge in [-0.3, -0.25) is 4.79 Å². The number of carbonyl (C=O) groups excluding carboxylic acids is 1. The number of rotatable bonds is 10. The van der Waals surface area contributed by atoms with Crippen LogP contribution in [0.4, 0.5) is 0 Å². The van der Waals surface area contributed by atoms with Gasteiger partial charge in [-0.2, -0.15) is 0 Å². The molecular weight excluding hydrogens is 425 g/mol. The summed E-state index contributed by atoms with van der Waals surface area (Å²) in [6.07, 6.45) is 11.1. The van der Waals surface area contributed by atoms with Crippen LogP contribution in [0, 0.1) is 0 Å². The van der Waals surface area contributed by atoms with Gasteiger partial charge in [-0.15, -0.1) is 0 Å². The predicted molar refractivity (Wildman–Crippen MR) is 112 cm³/mol. The van der Waals surface area contributed by atoms with Crippen molar-refractivity contribution in [1.29, 1.82) is 0 Å². The molecule has 0 saturated carbocycles. The van der Waals surface area contributed by atoms with Crippen molar-refractivity contribution in [3.8, 4) is 0 Å². The van der Waals surface area contributed by atoms with Gasteiger partial charge in [0.15, 0.2) is 0 Å². The third kappa shape index (κ3) is 6.74. The number of aromatic nitrogens is 2. The van der Waals surface area contributed by atoms with E-state index in [0.29, 0.717) is 17.4 Å². The maximum Gasteiger partial charge on any atom is 1.00 e. The Morgan fingerprint density at radius 2 is 1.83 bits per heavy atom. The van der Waals surface area contributed by atoms with Gasteiger partial charge in [0.05, 0.1) is 6.33 Å². The van der Waals surface area contributed by atoms with Crippen molar-refractivity contribution in [2.75, 3.05) is 6.54 Å². The molecule has 0 spiro atoms. The topological polar surface area (TPSA) is 72.3 Å². The van der Waals surface area contributed by atoms with Gasteiger partial charge in [0.2, 0.25) is 5.91 Å². The Balaban J connectivity index is 0.00000320. The summed E-state index contributed by atoms with van der Waals surface area (Å²) < 4.78 is 24.3. The zero-order chi connectivity index (χ0) is 20.8. The molecule has 1 fully saturated rings. The van der Waals surface area contributed by atoms with E-state index in [1.165, 1.54) is 0 Å². The van der Waals surface area contributed by atoms with E-state index in [1.807, 2.05) is 30.9 Å². The van der Waals surface area contributed by atoms with Gasteiger partial charge in [0.1, 0.15) is 0 Å². The van der Waals surface area contributed by atoms with Gasteiger partial charge >= 0.3 is 51.4 Å². The van der Waals surface area contributed by atoms with Crippen molar-refractivity contribution in [3.05, 3.63) is 48.5 Å². The van der Waals surface area contributed by atoms with E-state index in [-0.39, 0.29) is 69.3 Å². The number of benzene rings is 1. The molecular formula is C22H30KN3O3S. The van der Waals surface area contributed by atoms with Crippen LogP contribution in [0.25, 0.3) is 0 Å². The zero-order valence-electron chi connectivity index (χ0n) is 18.2. The van der Waals surface area contributed by atoms with Gasteiger partial charge in [0.25, 0.3) is 0 Å². The molecule has 1 aromatic carbocycles. The van der Waals surface area contributed by atoms with E-state index in [2.05, 4.69) is 28.3 Å². The van der Waals surface area contributed by atoms with Crippen molar-refractivity contribution in [1.82, 2.24) is 14.5 Å². The Morgan fingerprint density at radius 3 is 2.37 bits per heavy atom. The van der Waals surface area contributed by atoms with Crippen LogP contribution in [0.1, 0.15) is 69.9 Å². The summed E-state index contributed by atoms with van der Waals surface area (Å²) in [4.78, 5) is 19.0. The minimum Gasteiger partial charge on any atom is -0.420 e. The van der Waals surface area contributed by atoms with Crippen molar-refractivity contribution in [3.63, 3.8) is 0 Å². The molecule has 1 aromatic heterocycles. The number of amides is 1. The fraction of sp³-hybridized carbons (Fsp3) is 0.545. The Morgan fingerprint density at radius 1 is 1.13 bits per heavy atom. The molecule has 0 N–H and O–H groups in total. The number of nitrogens with zero attached hydrogens (tertiary/aromatic N) is 3. The molecule has 6 nitrogen and oxygen atoms in total. The van der Waals surface area contributed by atoms with Crippen LogP contribution in [-0.4, -0.2) is 32.9 Å². The zero-order valence-corrected chi connectivity index (χ0v) is 22.1. The Kier molecular flexibility index (Phi) is 10.7. The van der Waals surface area contributed by atoms with E-state index in [0.717, 1.165) is 44.2 Å². The quantitative estimate of drug-likeness (QED) is 0.402. The summed E-state index contributed by atoms with van der Waals surface area (Å²) in [6, 6.07) is 7.66. The van der Waals surface area contributed by atoms with Gasteiger partial charge in [-0.25, -0.2) is 4.98 Å². The molecule has 1 aliphatic rings. The molecule has 30 heavy (non-hydrogen) atoms. The monoisotopic (exact) mass is 455 g/mol. The molecule has 1 aliphatic heterocycles. The molecule has 0 bridgehead atoms. The predicted octanol–water partition coefficient (Wildman–Crippen LogP) is 1.47. The number of hydrogen-bond donors (Lipinski definition) is 0.